The number of fused-ring (bicyclic) bond motifs is 3. The summed E-state index contributed by atoms with van der Waals surface area (Å²) in [6.07, 6.45) is 5.31. The minimum absolute atomic E-state index is 0.216. The summed E-state index contributed by atoms with van der Waals surface area (Å²) in [4.78, 5) is 8.96. The van der Waals surface area contributed by atoms with E-state index in [4.69, 9.17) is 10.5 Å². The van der Waals surface area contributed by atoms with Gasteiger partial charge in [-0.2, -0.15) is 4.98 Å². The van der Waals surface area contributed by atoms with E-state index in [0.29, 0.717) is 11.8 Å². The summed E-state index contributed by atoms with van der Waals surface area (Å²) in [7, 11) is 0. The Balaban J connectivity index is 1.76. The Morgan fingerprint density at radius 3 is 2.78 bits per heavy atom. The van der Waals surface area contributed by atoms with Crippen molar-refractivity contribution >= 4 is 5.95 Å². The number of aromatic nitrogens is 2. The minimum Gasteiger partial charge on any atom is -0.474 e. The Kier molecular flexibility index (Phi) is 3.87. The molecule has 0 bridgehead atoms. The molecule has 1 aliphatic heterocycles. The average Bonchev–Trinajstić information content (AvgIpc) is 2.76. The van der Waals surface area contributed by atoms with Gasteiger partial charge in [-0.3, -0.25) is 0 Å². The summed E-state index contributed by atoms with van der Waals surface area (Å²) in [5.74, 6) is 0.987. The van der Waals surface area contributed by atoms with Gasteiger partial charge in [0.1, 0.15) is 6.10 Å². The Hall–Kier alpha value is -2.14. The Morgan fingerprint density at radius 1 is 1.09 bits per heavy atom. The Labute approximate surface area is 136 Å². The van der Waals surface area contributed by atoms with Crippen LogP contribution in [0.15, 0.2) is 24.3 Å². The van der Waals surface area contributed by atoms with Gasteiger partial charge in [0.05, 0.1) is 5.69 Å². The first kappa shape index (κ1) is 14.5. The van der Waals surface area contributed by atoms with Crippen LogP contribution in [-0.2, 0) is 12.8 Å². The van der Waals surface area contributed by atoms with Gasteiger partial charge < -0.3 is 15.8 Å². The molecular weight excluding hydrogens is 288 g/mol. The molecule has 1 aliphatic carbocycles. The lowest BCUT2D eigenvalue weighted by molar-refractivity contribution is 0.154. The fourth-order valence-corrected chi connectivity index (χ4v) is 3.52. The monoisotopic (exact) mass is 310 g/mol. The van der Waals surface area contributed by atoms with Crippen molar-refractivity contribution in [2.45, 2.75) is 38.2 Å². The van der Waals surface area contributed by atoms with Gasteiger partial charge >= 0.3 is 0 Å². The highest BCUT2D eigenvalue weighted by atomic mass is 16.5. The summed E-state index contributed by atoms with van der Waals surface area (Å²) in [5.41, 5.74) is 10.5. The third kappa shape index (κ3) is 2.88. The number of nitrogens with two attached hydrogens (primary N) is 1. The van der Waals surface area contributed by atoms with Gasteiger partial charge in [0, 0.05) is 11.1 Å². The molecule has 1 aromatic heterocycles. The number of benzene rings is 1. The zero-order chi connectivity index (χ0) is 15.6. The molecule has 23 heavy (non-hydrogen) atoms. The molecule has 1 fully saturated rings. The van der Waals surface area contributed by atoms with Crippen LogP contribution in [0.4, 0.5) is 5.95 Å². The molecule has 0 amide bonds. The third-order valence-electron chi connectivity index (χ3n) is 4.70. The molecule has 5 nitrogen and oxygen atoms in total. The summed E-state index contributed by atoms with van der Waals surface area (Å²) < 4.78 is 6.23. The van der Waals surface area contributed by atoms with Crippen LogP contribution in [-0.4, -0.2) is 29.2 Å². The number of aryl methyl sites for hydroxylation is 1. The molecule has 2 heterocycles. The molecule has 3 N–H and O–H groups in total. The second-order valence-electron chi connectivity index (χ2n) is 6.29. The van der Waals surface area contributed by atoms with Crippen molar-refractivity contribution in [2.24, 2.45) is 0 Å². The van der Waals surface area contributed by atoms with Crippen LogP contribution in [0.3, 0.4) is 0 Å². The molecule has 0 unspecified atom stereocenters. The van der Waals surface area contributed by atoms with Crippen molar-refractivity contribution in [1.29, 1.82) is 0 Å². The molecule has 1 aromatic carbocycles. The largest absolute Gasteiger partial charge is 0.474 e. The molecule has 120 valence electrons. The molecular formula is C18H22N4O. The number of piperidine rings is 1. The normalized spacial score (nSPS) is 17.9. The van der Waals surface area contributed by atoms with Crippen LogP contribution in [0.25, 0.3) is 11.3 Å². The molecule has 2 aromatic rings. The fraction of sp³-hybridized carbons (Fsp3) is 0.444. The number of ether oxygens (including phenoxy) is 1. The second kappa shape index (κ2) is 6.16. The summed E-state index contributed by atoms with van der Waals surface area (Å²) in [5, 5.41) is 3.36. The van der Waals surface area contributed by atoms with Gasteiger partial charge in [0.25, 0.3) is 0 Å². The number of nitrogens with one attached hydrogen (secondary N) is 1. The summed E-state index contributed by atoms with van der Waals surface area (Å²) >= 11 is 0. The van der Waals surface area contributed by atoms with E-state index in [0.717, 1.165) is 56.5 Å². The van der Waals surface area contributed by atoms with Gasteiger partial charge in [-0.25, -0.2) is 4.98 Å². The van der Waals surface area contributed by atoms with Gasteiger partial charge in [0.2, 0.25) is 11.8 Å². The maximum atomic E-state index is 6.23. The Morgan fingerprint density at radius 2 is 1.91 bits per heavy atom. The van der Waals surface area contributed by atoms with Crippen LogP contribution in [0.5, 0.6) is 5.88 Å². The number of anilines is 1. The summed E-state index contributed by atoms with van der Waals surface area (Å²) in [6.45, 7) is 1.99. The number of hydrogen-bond acceptors (Lipinski definition) is 5. The first-order chi connectivity index (χ1) is 11.3. The van der Waals surface area contributed by atoms with Crippen LogP contribution >= 0.6 is 0 Å². The minimum atomic E-state index is 0.216. The number of hydrogen-bond donors (Lipinski definition) is 2. The molecule has 0 radical (unpaired) electrons. The van der Waals surface area contributed by atoms with Crippen molar-refractivity contribution in [2.75, 3.05) is 18.8 Å². The van der Waals surface area contributed by atoms with Crippen molar-refractivity contribution in [1.82, 2.24) is 15.3 Å². The predicted octanol–water partition coefficient (Wildman–Crippen LogP) is 2.35. The van der Waals surface area contributed by atoms with E-state index in [1.807, 2.05) is 0 Å². The topological polar surface area (TPSA) is 73.1 Å². The lowest BCUT2D eigenvalue weighted by atomic mass is 10.0. The first-order valence-electron chi connectivity index (χ1n) is 8.43. The van der Waals surface area contributed by atoms with Crippen molar-refractivity contribution in [3.05, 3.63) is 35.4 Å². The molecule has 0 atom stereocenters. The molecule has 4 rings (SSSR count). The zero-order valence-corrected chi connectivity index (χ0v) is 13.2. The van der Waals surface area contributed by atoms with Crippen LogP contribution in [0, 0.1) is 0 Å². The van der Waals surface area contributed by atoms with Gasteiger partial charge in [0.15, 0.2) is 0 Å². The van der Waals surface area contributed by atoms with Crippen molar-refractivity contribution in [3.8, 4) is 17.1 Å². The standard InChI is InChI=1S/C18H22N4O/c19-18-21-16-14-6-2-1-4-12(14)5-3-7-15(16)17(22-18)23-13-8-10-20-11-9-13/h1-2,4,6,13,20H,3,5,7-11H2,(H2,19,21,22). The number of nitrogen functional groups attached to an aromatic ring is 1. The number of nitrogens with zero attached hydrogens (tertiary/aromatic N) is 2. The average molecular weight is 310 g/mol. The highest BCUT2D eigenvalue weighted by Crippen LogP contribution is 2.36. The Bertz CT molecular complexity index is 710. The quantitative estimate of drug-likeness (QED) is 0.891. The van der Waals surface area contributed by atoms with E-state index in [-0.39, 0.29) is 6.10 Å². The molecule has 0 spiro atoms. The second-order valence-corrected chi connectivity index (χ2v) is 6.29. The van der Waals surface area contributed by atoms with Crippen molar-refractivity contribution < 1.29 is 4.74 Å². The van der Waals surface area contributed by atoms with E-state index in [1.54, 1.807) is 0 Å². The molecule has 2 aliphatic rings. The maximum absolute atomic E-state index is 6.23. The van der Waals surface area contributed by atoms with E-state index >= 15 is 0 Å². The van der Waals surface area contributed by atoms with Gasteiger partial charge in [-0.05, 0) is 50.8 Å². The smallest absolute Gasteiger partial charge is 0.223 e. The van der Waals surface area contributed by atoms with Crippen LogP contribution in [0.1, 0.15) is 30.4 Å². The lowest BCUT2D eigenvalue weighted by Crippen LogP contribution is -2.34. The van der Waals surface area contributed by atoms with E-state index in [2.05, 4.69) is 39.6 Å². The molecule has 0 saturated carbocycles. The number of rotatable bonds is 2. The van der Waals surface area contributed by atoms with Gasteiger partial charge in [-0.1, -0.05) is 24.3 Å². The highest BCUT2D eigenvalue weighted by Gasteiger charge is 2.23. The van der Waals surface area contributed by atoms with E-state index < -0.39 is 0 Å². The van der Waals surface area contributed by atoms with Crippen LogP contribution < -0.4 is 15.8 Å². The van der Waals surface area contributed by atoms with E-state index in [9.17, 15) is 0 Å². The maximum Gasteiger partial charge on any atom is 0.223 e. The van der Waals surface area contributed by atoms with Gasteiger partial charge in [-0.15, -0.1) is 0 Å². The first-order valence-corrected chi connectivity index (χ1v) is 8.43. The van der Waals surface area contributed by atoms with E-state index in [1.165, 1.54) is 11.1 Å². The molecule has 1 saturated heterocycles. The molecule has 5 heteroatoms. The lowest BCUT2D eigenvalue weighted by Gasteiger charge is -2.24. The van der Waals surface area contributed by atoms with Crippen LogP contribution in [0.2, 0.25) is 0 Å². The predicted molar refractivity (Wildman–Crippen MR) is 90.4 cm³/mol. The SMILES string of the molecule is Nc1nc(OC2CCNCC2)c2c(n1)-c1ccccc1CCC2. The third-order valence-corrected chi connectivity index (χ3v) is 4.70. The fourth-order valence-electron chi connectivity index (χ4n) is 3.52. The highest BCUT2D eigenvalue weighted by molar-refractivity contribution is 5.70. The zero-order valence-electron chi connectivity index (χ0n) is 13.2. The van der Waals surface area contributed by atoms with Crippen molar-refractivity contribution in [3.63, 3.8) is 0 Å². The summed E-state index contributed by atoms with van der Waals surface area (Å²) in [6, 6.07) is 8.44.